The Labute approximate surface area is 387 Å². The summed E-state index contributed by atoms with van der Waals surface area (Å²) in [5.74, 6) is -2.41. The van der Waals surface area contributed by atoms with Gasteiger partial charge in [-0.05, 0) is 103 Å². The molecule has 0 spiro atoms. The molecule has 0 radical (unpaired) electrons. The van der Waals surface area contributed by atoms with Crippen LogP contribution in [0.25, 0.3) is 0 Å². The molecule has 1 saturated heterocycles. The van der Waals surface area contributed by atoms with E-state index in [0.29, 0.717) is 37.5 Å². The average molecular weight is 913 g/mol. The maximum atomic E-state index is 14.9. The number of ether oxygens (including phenoxy) is 2. The number of aliphatic carboxylic acids is 1. The van der Waals surface area contributed by atoms with Gasteiger partial charge in [0.2, 0.25) is 11.8 Å². The third-order valence-corrected chi connectivity index (χ3v) is 13.3. The third-order valence-electron chi connectivity index (χ3n) is 12.3. The molecular weight excluding hydrogens is 833 g/mol. The Morgan fingerprint density at radius 2 is 1.70 bits per heavy atom. The number of rotatable bonds is 28. The molecule has 1 aliphatic heterocycles. The van der Waals surface area contributed by atoms with Crippen LogP contribution < -0.4 is 16.0 Å². The molecule has 0 aliphatic carbocycles. The molecule has 1 fully saturated rings. The van der Waals surface area contributed by atoms with Crippen molar-refractivity contribution < 1.29 is 38.6 Å². The van der Waals surface area contributed by atoms with Gasteiger partial charge in [-0.3, -0.25) is 28.9 Å². The van der Waals surface area contributed by atoms with E-state index in [0.717, 1.165) is 62.7 Å². The number of benzene rings is 1. The zero-order chi connectivity index (χ0) is 47.6. The summed E-state index contributed by atoms with van der Waals surface area (Å²) in [4.78, 5) is 76.3. The van der Waals surface area contributed by atoms with Crippen LogP contribution in [0.5, 0.6) is 0 Å². The SMILES string of the molecule is CCCCCCN(C(=O)[C@@H](NC(=O)[C@H]1CCCCN1C)[C@@H](C)CC)[C@H](C[C@@H](OC(C)=O)c1nc(C(=O)N[C@@H](Cc2ccc(NCCOC(C)C)cc2)CC(C)(C)C(=O)O)cs1)C(C)C. The van der Waals surface area contributed by atoms with Crippen LogP contribution >= 0.6 is 11.3 Å². The van der Waals surface area contributed by atoms with Gasteiger partial charge in [-0.25, -0.2) is 4.98 Å². The number of likely N-dealkylation sites (tertiary alicyclic amines) is 1. The number of carbonyl (C=O) groups excluding carboxylic acids is 4. The largest absolute Gasteiger partial charge is 0.481 e. The van der Waals surface area contributed by atoms with E-state index in [1.54, 1.807) is 19.2 Å². The van der Waals surface area contributed by atoms with Crippen LogP contribution in [0.3, 0.4) is 0 Å². The van der Waals surface area contributed by atoms with E-state index in [-0.39, 0.29) is 54.3 Å². The van der Waals surface area contributed by atoms with Crippen molar-refractivity contribution in [2.75, 3.05) is 38.6 Å². The van der Waals surface area contributed by atoms with Crippen LogP contribution in [0.15, 0.2) is 29.6 Å². The second kappa shape index (κ2) is 26.8. The van der Waals surface area contributed by atoms with Crippen LogP contribution in [0.4, 0.5) is 5.69 Å². The molecular formula is C49H80N6O8S. The number of carboxylic acid groups (broad SMARTS) is 1. The van der Waals surface area contributed by atoms with E-state index in [1.807, 2.05) is 77.8 Å². The van der Waals surface area contributed by atoms with Crippen molar-refractivity contribution in [2.24, 2.45) is 17.3 Å². The molecule has 1 aromatic heterocycles. The first-order chi connectivity index (χ1) is 30.3. The Bertz CT molecular complexity index is 1770. The second-order valence-corrected chi connectivity index (χ2v) is 19.9. The minimum absolute atomic E-state index is 0.0595. The van der Waals surface area contributed by atoms with E-state index < -0.39 is 47.5 Å². The molecule has 1 aromatic carbocycles. The fourth-order valence-corrected chi connectivity index (χ4v) is 9.09. The Morgan fingerprint density at radius 1 is 1.00 bits per heavy atom. The van der Waals surface area contributed by atoms with E-state index in [9.17, 15) is 29.1 Å². The number of hydrogen-bond acceptors (Lipinski definition) is 11. The summed E-state index contributed by atoms with van der Waals surface area (Å²) in [6, 6.07) is 5.88. The monoisotopic (exact) mass is 913 g/mol. The number of likely N-dealkylation sites (N-methyl/N-ethyl adjacent to an activating group) is 1. The summed E-state index contributed by atoms with van der Waals surface area (Å²) in [6.07, 6.45) is 7.32. The molecule has 4 N–H and O–H groups in total. The number of hydrogen-bond donors (Lipinski definition) is 4. The molecule has 3 rings (SSSR count). The Kier molecular flexibility index (Phi) is 22.7. The molecule has 3 amide bonds. The summed E-state index contributed by atoms with van der Waals surface area (Å²) < 4.78 is 11.6. The van der Waals surface area contributed by atoms with E-state index in [4.69, 9.17) is 14.5 Å². The van der Waals surface area contributed by atoms with Gasteiger partial charge in [0.15, 0.2) is 6.10 Å². The van der Waals surface area contributed by atoms with E-state index in [1.165, 1.54) is 18.3 Å². The molecule has 0 saturated carbocycles. The zero-order valence-corrected chi connectivity index (χ0v) is 41.5. The van der Waals surface area contributed by atoms with Gasteiger partial charge in [0.25, 0.3) is 5.91 Å². The highest BCUT2D eigenvalue weighted by atomic mass is 32.1. The molecule has 14 nitrogen and oxygen atoms in total. The van der Waals surface area contributed by atoms with Crippen molar-refractivity contribution in [1.29, 1.82) is 0 Å². The van der Waals surface area contributed by atoms with E-state index >= 15 is 0 Å². The Hall–Kier alpha value is -4.08. The first-order valence-electron chi connectivity index (χ1n) is 23.7. The lowest BCUT2D eigenvalue weighted by atomic mass is 9.84. The number of amides is 3. The highest BCUT2D eigenvalue weighted by Crippen LogP contribution is 2.32. The van der Waals surface area contributed by atoms with Crippen molar-refractivity contribution >= 4 is 46.7 Å². The number of unbranched alkanes of at least 4 members (excludes halogenated alkanes) is 3. The normalized spacial score (nSPS) is 17.0. The molecule has 6 atom stereocenters. The number of thiazole rings is 1. The smallest absolute Gasteiger partial charge is 0.309 e. The number of esters is 1. The van der Waals surface area contributed by atoms with Crippen LogP contribution in [0.2, 0.25) is 0 Å². The van der Waals surface area contributed by atoms with Crippen molar-refractivity contribution in [3.8, 4) is 0 Å². The van der Waals surface area contributed by atoms with Crippen molar-refractivity contribution in [1.82, 2.24) is 25.4 Å². The summed E-state index contributed by atoms with van der Waals surface area (Å²) >= 11 is 1.20. The lowest BCUT2D eigenvalue weighted by Crippen LogP contribution is -2.59. The summed E-state index contributed by atoms with van der Waals surface area (Å²) in [5, 5.41) is 21.6. The molecule has 360 valence electrons. The molecule has 0 bridgehead atoms. The van der Waals surface area contributed by atoms with Crippen molar-refractivity contribution in [3.63, 3.8) is 0 Å². The predicted octanol–water partition coefficient (Wildman–Crippen LogP) is 8.27. The fourth-order valence-electron chi connectivity index (χ4n) is 8.25. The fraction of sp³-hybridized carbons (Fsp3) is 0.714. The average Bonchev–Trinajstić information content (AvgIpc) is 3.74. The van der Waals surface area contributed by atoms with E-state index in [2.05, 4.69) is 27.8 Å². The van der Waals surface area contributed by atoms with Gasteiger partial charge in [0.1, 0.15) is 16.7 Å². The number of carbonyl (C=O) groups is 5. The topological polar surface area (TPSA) is 180 Å². The molecule has 64 heavy (non-hydrogen) atoms. The Balaban J connectivity index is 1.90. The van der Waals surface area contributed by atoms with Gasteiger partial charge < -0.3 is 35.4 Å². The van der Waals surface area contributed by atoms with Gasteiger partial charge in [-0.2, -0.15) is 0 Å². The standard InChI is InChI=1S/C49H80N6O8S/c1-12-14-15-17-26-55(47(59)43(34(7)13-2)53-45(58)40-19-16-18-25-54(40)11)41(32(3)4)29-42(63-35(8)56)46-52-39(31-64-46)44(57)51-38(30-49(9,10)48(60)61)28-36-20-22-37(23-21-36)50-24-27-62-33(5)6/h20-23,31-34,38,40-43,50H,12-19,24-30H2,1-11H3,(H,51,57)(H,53,58)(H,60,61)/t34-,38-,40+,41+,42+,43-/m0/s1. The molecule has 0 unspecified atom stereocenters. The minimum Gasteiger partial charge on any atom is -0.481 e. The zero-order valence-electron chi connectivity index (χ0n) is 40.7. The lowest BCUT2D eigenvalue weighted by molar-refractivity contribution is -0.150. The van der Waals surface area contributed by atoms with Gasteiger partial charge >= 0.3 is 11.9 Å². The lowest BCUT2D eigenvalue weighted by Gasteiger charge is -2.40. The van der Waals surface area contributed by atoms with Crippen LogP contribution in [-0.2, 0) is 35.1 Å². The van der Waals surface area contributed by atoms with Gasteiger partial charge in [-0.1, -0.05) is 78.9 Å². The summed E-state index contributed by atoms with van der Waals surface area (Å²) in [5.41, 5.74) is 0.847. The second-order valence-electron chi connectivity index (χ2n) is 19.0. The van der Waals surface area contributed by atoms with Crippen LogP contribution in [-0.4, -0.2) is 113 Å². The molecule has 1 aliphatic rings. The number of piperidine rings is 1. The number of nitrogens with one attached hydrogen (secondary N) is 3. The Morgan fingerprint density at radius 3 is 2.30 bits per heavy atom. The summed E-state index contributed by atoms with van der Waals surface area (Å²) in [6.45, 7) is 21.4. The van der Waals surface area contributed by atoms with Crippen LogP contribution in [0, 0.1) is 17.3 Å². The maximum Gasteiger partial charge on any atom is 0.309 e. The molecule has 2 heterocycles. The maximum absolute atomic E-state index is 14.9. The first kappa shape index (κ1) is 54.3. The number of anilines is 1. The molecule has 15 heteroatoms. The predicted molar refractivity (Wildman–Crippen MR) is 254 cm³/mol. The first-order valence-corrected chi connectivity index (χ1v) is 24.6. The van der Waals surface area contributed by atoms with Gasteiger partial charge in [0.05, 0.1) is 24.2 Å². The highest BCUT2D eigenvalue weighted by Gasteiger charge is 2.39. The van der Waals surface area contributed by atoms with Crippen molar-refractivity contribution in [3.05, 3.63) is 45.9 Å². The molecule has 2 aromatic rings. The van der Waals surface area contributed by atoms with Crippen molar-refractivity contribution in [2.45, 2.75) is 176 Å². The van der Waals surface area contributed by atoms with Crippen LogP contribution in [0.1, 0.15) is 161 Å². The quantitative estimate of drug-likeness (QED) is 0.0477. The number of carboxylic acids is 1. The van der Waals surface area contributed by atoms with Gasteiger partial charge in [-0.15, -0.1) is 11.3 Å². The minimum atomic E-state index is -1.13. The third kappa shape index (κ3) is 17.4. The number of aromatic nitrogens is 1. The van der Waals surface area contributed by atoms with Gasteiger partial charge in [0, 0.05) is 49.6 Å². The summed E-state index contributed by atoms with van der Waals surface area (Å²) in [7, 11) is 1.96. The highest BCUT2D eigenvalue weighted by molar-refractivity contribution is 7.09. The number of nitrogens with zero attached hydrogens (tertiary/aromatic N) is 3.